The fourth-order valence-corrected chi connectivity index (χ4v) is 1.87. The smallest absolute Gasteiger partial charge is 0.312 e. The van der Waals surface area contributed by atoms with Crippen molar-refractivity contribution in [1.82, 2.24) is 4.98 Å². The predicted molar refractivity (Wildman–Crippen MR) is 78.9 cm³/mol. The van der Waals surface area contributed by atoms with Crippen molar-refractivity contribution in [2.45, 2.75) is 6.42 Å². The molecule has 0 fully saturated rings. The summed E-state index contributed by atoms with van der Waals surface area (Å²) >= 11 is 5.70. The molecule has 2 aromatic rings. The lowest BCUT2D eigenvalue weighted by Gasteiger charge is -2.06. The molecule has 20 heavy (non-hydrogen) atoms. The second kappa shape index (κ2) is 6.21. The highest BCUT2D eigenvalue weighted by Gasteiger charge is 2.15. The van der Waals surface area contributed by atoms with E-state index in [9.17, 15) is 10.1 Å². The third-order valence-corrected chi connectivity index (χ3v) is 2.92. The second-order valence-electron chi connectivity index (χ2n) is 4.20. The fraction of sp³-hybridized carbons (Fsp3) is 0.154. The lowest BCUT2D eigenvalue weighted by atomic mass is 10.1. The zero-order chi connectivity index (χ0) is 14.5. The van der Waals surface area contributed by atoms with Crippen LogP contribution < -0.4 is 11.1 Å². The molecule has 1 aromatic carbocycles. The van der Waals surface area contributed by atoms with Crippen LogP contribution in [0.25, 0.3) is 0 Å². The third-order valence-electron chi connectivity index (χ3n) is 2.72. The Morgan fingerprint density at radius 2 is 2.05 bits per heavy atom. The largest absolute Gasteiger partial charge is 0.399 e. The van der Waals surface area contributed by atoms with E-state index in [1.165, 1.54) is 12.3 Å². The van der Waals surface area contributed by atoms with Crippen LogP contribution in [-0.4, -0.2) is 16.5 Å². The van der Waals surface area contributed by atoms with Crippen molar-refractivity contribution in [3.05, 3.63) is 57.2 Å². The maximum absolute atomic E-state index is 10.9. The highest BCUT2D eigenvalue weighted by atomic mass is 35.5. The van der Waals surface area contributed by atoms with Gasteiger partial charge in [0.15, 0.2) is 0 Å². The molecule has 1 aromatic heterocycles. The first kappa shape index (κ1) is 14.1. The molecule has 0 unspecified atom stereocenters. The summed E-state index contributed by atoms with van der Waals surface area (Å²) in [6.45, 7) is 0.527. The molecule has 0 atom stereocenters. The Labute approximate surface area is 120 Å². The number of nitrogens with zero attached hydrogens (tertiary/aromatic N) is 2. The van der Waals surface area contributed by atoms with Crippen molar-refractivity contribution in [3.8, 4) is 0 Å². The lowest BCUT2D eigenvalue weighted by Crippen LogP contribution is -2.08. The summed E-state index contributed by atoms with van der Waals surface area (Å²) in [6, 6.07) is 8.75. The average Bonchev–Trinajstić information content (AvgIpc) is 2.42. The van der Waals surface area contributed by atoms with Crippen molar-refractivity contribution in [2.75, 3.05) is 17.6 Å². The number of hydrogen-bond donors (Lipinski definition) is 2. The quantitative estimate of drug-likeness (QED) is 0.502. The molecule has 3 N–H and O–H groups in total. The highest BCUT2D eigenvalue weighted by Crippen LogP contribution is 2.24. The molecule has 104 valence electrons. The van der Waals surface area contributed by atoms with Gasteiger partial charge in [0.05, 0.1) is 9.95 Å². The molecule has 0 saturated heterocycles. The van der Waals surface area contributed by atoms with Crippen LogP contribution in [0.3, 0.4) is 0 Å². The first-order chi connectivity index (χ1) is 9.56. The molecule has 0 aliphatic carbocycles. The van der Waals surface area contributed by atoms with Gasteiger partial charge in [0.2, 0.25) is 5.82 Å². The van der Waals surface area contributed by atoms with Crippen LogP contribution in [0.4, 0.5) is 17.2 Å². The molecule has 0 bridgehead atoms. The van der Waals surface area contributed by atoms with E-state index >= 15 is 0 Å². The van der Waals surface area contributed by atoms with E-state index in [-0.39, 0.29) is 16.5 Å². The van der Waals surface area contributed by atoms with Gasteiger partial charge in [-0.15, -0.1) is 0 Å². The van der Waals surface area contributed by atoms with Gasteiger partial charge in [-0.25, -0.2) is 4.98 Å². The van der Waals surface area contributed by atoms with Crippen LogP contribution in [0, 0.1) is 10.1 Å². The summed E-state index contributed by atoms with van der Waals surface area (Å²) in [5.74, 6) is 0.217. The number of hydrogen-bond acceptors (Lipinski definition) is 5. The van der Waals surface area contributed by atoms with Crippen molar-refractivity contribution < 1.29 is 4.92 Å². The van der Waals surface area contributed by atoms with E-state index in [0.717, 1.165) is 5.56 Å². The van der Waals surface area contributed by atoms with Crippen molar-refractivity contribution in [2.24, 2.45) is 0 Å². The topological polar surface area (TPSA) is 94.1 Å². The Morgan fingerprint density at radius 1 is 1.35 bits per heavy atom. The number of nitrogen functional groups attached to an aromatic ring is 1. The third kappa shape index (κ3) is 3.58. The Kier molecular flexibility index (Phi) is 4.37. The van der Waals surface area contributed by atoms with Crippen molar-refractivity contribution in [1.29, 1.82) is 0 Å². The molecule has 7 heteroatoms. The van der Waals surface area contributed by atoms with E-state index in [2.05, 4.69) is 10.3 Å². The fourth-order valence-electron chi connectivity index (χ4n) is 1.71. The average molecular weight is 293 g/mol. The molecule has 0 aliphatic heterocycles. The summed E-state index contributed by atoms with van der Waals surface area (Å²) in [5.41, 5.74) is 7.26. The standard InChI is InChI=1S/C13H13ClN4O2/c14-10-7-12(18(19)20)13(17-8-10)16-6-5-9-1-3-11(15)4-2-9/h1-4,7-8H,5-6,15H2,(H,16,17). The van der Waals surface area contributed by atoms with Gasteiger partial charge < -0.3 is 11.1 Å². The second-order valence-corrected chi connectivity index (χ2v) is 4.63. The number of anilines is 2. The SMILES string of the molecule is Nc1ccc(CCNc2ncc(Cl)cc2[N+](=O)[O-])cc1. The normalized spacial score (nSPS) is 10.2. The molecule has 2 rings (SSSR count). The number of halogens is 1. The van der Waals surface area contributed by atoms with Gasteiger partial charge in [-0.2, -0.15) is 0 Å². The van der Waals surface area contributed by atoms with E-state index in [1.54, 1.807) is 0 Å². The van der Waals surface area contributed by atoms with Crippen LogP contribution >= 0.6 is 11.6 Å². The van der Waals surface area contributed by atoms with Gasteiger partial charge in [0.25, 0.3) is 0 Å². The van der Waals surface area contributed by atoms with Gasteiger partial charge >= 0.3 is 5.69 Å². The Hall–Kier alpha value is -2.34. The van der Waals surface area contributed by atoms with Crippen molar-refractivity contribution in [3.63, 3.8) is 0 Å². The van der Waals surface area contributed by atoms with Gasteiger partial charge in [-0.3, -0.25) is 10.1 Å². The molecule has 0 amide bonds. The molecular weight excluding hydrogens is 280 g/mol. The lowest BCUT2D eigenvalue weighted by molar-refractivity contribution is -0.384. The first-order valence-corrected chi connectivity index (χ1v) is 6.32. The van der Waals surface area contributed by atoms with Gasteiger partial charge in [0.1, 0.15) is 0 Å². The molecule has 0 spiro atoms. The molecule has 6 nitrogen and oxygen atoms in total. The maximum Gasteiger partial charge on any atom is 0.312 e. The summed E-state index contributed by atoms with van der Waals surface area (Å²) in [4.78, 5) is 14.3. The molecular formula is C13H13ClN4O2. The minimum atomic E-state index is -0.509. The minimum absolute atomic E-state index is 0.130. The van der Waals surface area contributed by atoms with Gasteiger partial charge in [0, 0.05) is 24.5 Å². The Balaban J connectivity index is 2.00. The van der Waals surface area contributed by atoms with Crippen LogP contribution in [-0.2, 0) is 6.42 Å². The minimum Gasteiger partial charge on any atom is -0.399 e. The van der Waals surface area contributed by atoms with Crippen molar-refractivity contribution >= 4 is 28.8 Å². The van der Waals surface area contributed by atoms with Crippen LogP contribution in [0.1, 0.15) is 5.56 Å². The number of nitrogens with two attached hydrogens (primary N) is 1. The number of rotatable bonds is 5. The Morgan fingerprint density at radius 3 is 2.70 bits per heavy atom. The van der Waals surface area contributed by atoms with Gasteiger partial charge in [-0.1, -0.05) is 23.7 Å². The van der Waals surface area contributed by atoms with Crippen LogP contribution in [0.2, 0.25) is 5.02 Å². The summed E-state index contributed by atoms with van der Waals surface area (Å²) in [5, 5.41) is 14.1. The number of nitro groups is 1. The number of nitrogens with one attached hydrogen (secondary N) is 1. The maximum atomic E-state index is 10.9. The zero-order valence-corrected chi connectivity index (χ0v) is 11.3. The van der Waals surface area contributed by atoms with Crippen LogP contribution in [0.15, 0.2) is 36.5 Å². The molecule has 0 radical (unpaired) electrons. The number of pyridine rings is 1. The van der Waals surface area contributed by atoms with E-state index in [1.807, 2.05) is 24.3 Å². The summed E-state index contributed by atoms with van der Waals surface area (Å²) in [7, 11) is 0. The van der Waals surface area contributed by atoms with Gasteiger partial charge in [-0.05, 0) is 24.1 Å². The number of aromatic nitrogens is 1. The van der Waals surface area contributed by atoms with E-state index in [4.69, 9.17) is 17.3 Å². The monoisotopic (exact) mass is 292 g/mol. The number of benzene rings is 1. The predicted octanol–water partition coefficient (Wildman–Crippen LogP) is 2.88. The van der Waals surface area contributed by atoms with Crippen LogP contribution in [0.5, 0.6) is 0 Å². The molecule has 0 aliphatic rings. The molecule has 1 heterocycles. The summed E-state index contributed by atoms with van der Waals surface area (Å²) < 4.78 is 0. The first-order valence-electron chi connectivity index (χ1n) is 5.94. The highest BCUT2D eigenvalue weighted by molar-refractivity contribution is 6.30. The van der Waals surface area contributed by atoms with E-state index < -0.39 is 4.92 Å². The Bertz CT molecular complexity index is 616. The summed E-state index contributed by atoms with van der Waals surface area (Å²) in [6.07, 6.45) is 2.09. The zero-order valence-electron chi connectivity index (χ0n) is 10.5. The van der Waals surface area contributed by atoms with E-state index in [0.29, 0.717) is 18.7 Å². The molecule has 0 saturated carbocycles.